The Labute approximate surface area is 152 Å². The predicted molar refractivity (Wildman–Crippen MR) is 99.2 cm³/mol. The molecule has 1 N–H and O–H groups in total. The van der Waals surface area contributed by atoms with Crippen LogP contribution in [0.5, 0.6) is 0 Å². The van der Waals surface area contributed by atoms with Gasteiger partial charge in [-0.15, -0.1) is 0 Å². The molecule has 3 heteroatoms. The van der Waals surface area contributed by atoms with E-state index in [0.717, 1.165) is 30.1 Å². The van der Waals surface area contributed by atoms with Gasteiger partial charge in [0.15, 0.2) is 0 Å². The van der Waals surface area contributed by atoms with Gasteiger partial charge < -0.3 is 5.11 Å². The molecular weight excluding hydrogens is 308 g/mol. The van der Waals surface area contributed by atoms with E-state index in [9.17, 15) is 5.11 Å². The predicted octanol–water partition coefficient (Wildman–Crippen LogP) is 4.05. The maximum atomic E-state index is 10.6. The monoisotopic (exact) mass is 342 g/mol. The minimum atomic E-state index is -0.0532. The maximum Gasteiger partial charge on any atom is 0.0662 e. The lowest BCUT2D eigenvalue weighted by molar-refractivity contribution is -0.111. The zero-order valence-electron chi connectivity index (χ0n) is 16.4. The quantitative estimate of drug-likeness (QED) is 0.772. The topological polar surface area (TPSA) is 38.0 Å². The molecule has 138 valence electrons. The summed E-state index contributed by atoms with van der Waals surface area (Å²) in [6, 6.07) is 0. The fraction of sp³-hybridized carbons (Fsp3) is 0.864. The minimum absolute atomic E-state index is 0.0532. The summed E-state index contributed by atoms with van der Waals surface area (Å²) in [6.45, 7) is 7.25. The first kappa shape index (κ1) is 16.4. The van der Waals surface area contributed by atoms with Crippen LogP contribution in [0.15, 0.2) is 0 Å². The number of hydrogen-bond acceptors (Lipinski definition) is 2. The highest BCUT2D eigenvalue weighted by Gasteiger charge is 2.60. The molecule has 1 aromatic rings. The molecule has 4 aliphatic carbocycles. The van der Waals surface area contributed by atoms with Gasteiger partial charge in [0.05, 0.1) is 11.8 Å². The van der Waals surface area contributed by atoms with Gasteiger partial charge in [0.25, 0.3) is 0 Å². The Balaban J connectivity index is 1.51. The van der Waals surface area contributed by atoms with Gasteiger partial charge in [-0.2, -0.15) is 5.10 Å². The lowest BCUT2D eigenvalue weighted by Crippen LogP contribution is -2.54. The highest BCUT2D eigenvalue weighted by Crippen LogP contribution is 2.65. The van der Waals surface area contributed by atoms with Crippen molar-refractivity contribution in [2.24, 2.45) is 41.5 Å². The normalized spacial score (nSPS) is 48.4. The number of nitrogens with zero attached hydrogens (tertiary/aromatic N) is 2. The molecule has 0 unspecified atom stereocenters. The SMILES string of the molecule is Cc1c2c(nn1C)C[C@@H]1CC[C@@H]3[C@H](CC[C@]4(C)[C@@H](O)CC[C@@H]34)[C@@]1(C)C2. The first-order chi connectivity index (χ1) is 11.8. The molecule has 4 aliphatic rings. The lowest BCUT2D eigenvalue weighted by atomic mass is 9.45. The minimum Gasteiger partial charge on any atom is -0.393 e. The summed E-state index contributed by atoms with van der Waals surface area (Å²) < 4.78 is 2.11. The number of aryl methyl sites for hydroxylation is 1. The van der Waals surface area contributed by atoms with E-state index >= 15 is 0 Å². The van der Waals surface area contributed by atoms with E-state index in [1.807, 2.05) is 0 Å². The largest absolute Gasteiger partial charge is 0.393 e. The van der Waals surface area contributed by atoms with Crippen molar-refractivity contribution in [1.29, 1.82) is 0 Å². The highest BCUT2D eigenvalue weighted by atomic mass is 16.3. The molecule has 0 saturated heterocycles. The number of aliphatic hydroxyl groups excluding tert-OH is 1. The van der Waals surface area contributed by atoms with E-state index in [0.29, 0.717) is 5.41 Å². The third-order valence-electron chi connectivity index (χ3n) is 9.55. The van der Waals surface area contributed by atoms with Crippen LogP contribution in [-0.2, 0) is 19.9 Å². The van der Waals surface area contributed by atoms with Crippen molar-refractivity contribution in [3.05, 3.63) is 17.0 Å². The Morgan fingerprint density at radius 2 is 1.80 bits per heavy atom. The third kappa shape index (κ3) is 1.99. The Morgan fingerprint density at radius 3 is 2.60 bits per heavy atom. The van der Waals surface area contributed by atoms with Gasteiger partial charge in [-0.1, -0.05) is 13.8 Å². The van der Waals surface area contributed by atoms with Crippen LogP contribution in [0.4, 0.5) is 0 Å². The average molecular weight is 343 g/mol. The van der Waals surface area contributed by atoms with E-state index < -0.39 is 0 Å². The van der Waals surface area contributed by atoms with E-state index in [-0.39, 0.29) is 11.5 Å². The molecule has 7 atom stereocenters. The molecule has 0 aliphatic heterocycles. The van der Waals surface area contributed by atoms with Gasteiger partial charge in [0.2, 0.25) is 0 Å². The summed E-state index contributed by atoms with van der Waals surface area (Å²) in [5.41, 5.74) is 4.97. The summed E-state index contributed by atoms with van der Waals surface area (Å²) in [6.07, 6.45) is 10.0. The molecule has 25 heavy (non-hydrogen) atoms. The van der Waals surface area contributed by atoms with Crippen molar-refractivity contribution in [2.45, 2.75) is 78.2 Å². The Morgan fingerprint density at radius 1 is 1.04 bits per heavy atom. The standard InChI is InChI=1S/C22H34N2O/c1-13-16-12-22(3)14(11-19(16)23-24(13)4)5-6-15-17-7-8-20(25)21(17,2)10-9-18(15)22/h14-15,17-18,20,25H,5-12H2,1-4H3/t14-,15-,17-,18-,20-,21-,22-/m0/s1. The molecule has 1 heterocycles. The van der Waals surface area contributed by atoms with Gasteiger partial charge in [-0.25, -0.2) is 0 Å². The molecule has 0 amide bonds. The van der Waals surface area contributed by atoms with Crippen LogP contribution in [0.3, 0.4) is 0 Å². The lowest BCUT2D eigenvalue weighted by Gasteiger charge is -2.60. The van der Waals surface area contributed by atoms with Crippen LogP contribution in [0.1, 0.15) is 69.3 Å². The van der Waals surface area contributed by atoms with Crippen LogP contribution in [0.25, 0.3) is 0 Å². The average Bonchev–Trinajstić information content (AvgIpc) is 3.02. The molecule has 0 radical (unpaired) electrons. The van der Waals surface area contributed by atoms with Gasteiger partial charge in [-0.05, 0) is 98.4 Å². The summed E-state index contributed by atoms with van der Waals surface area (Å²) in [7, 11) is 2.11. The number of aromatic nitrogens is 2. The number of rotatable bonds is 0. The molecule has 0 aromatic carbocycles. The fourth-order valence-corrected chi connectivity index (χ4v) is 7.85. The van der Waals surface area contributed by atoms with Crippen molar-refractivity contribution in [3.8, 4) is 0 Å². The van der Waals surface area contributed by atoms with E-state index in [1.165, 1.54) is 56.3 Å². The smallest absolute Gasteiger partial charge is 0.0662 e. The van der Waals surface area contributed by atoms with Crippen LogP contribution in [0.2, 0.25) is 0 Å². The van der Waals surface area contributed by atoms with Gasteiger partial charge in [0.1, 0.15) is 0 Å². The molecule has 3 fully saturated rings. The molecule has 3 nitrogen and oxygen atoms in total. The highest BCUT2D eigenvalue weighted by molar-refractivity contribution is 5.32. The van der Waals surface area contributed by atoms with Crippen molar-refractivity contribution >= 4 is 0 Å². The van der Waals surface area contributed by atoms with Crippen LogP contribution in [0, 0.1) is 41.4 Å². The Kier molecular flexibility index (Phi) is 3.35. The zero-order chi connectivity index (χ0) is 17.6. The molecule has 1 aromatic heterocycles. The second-order valence-electron chi connectivity index (χ2n) is 10.3. The molecule has 5 rings (SSSR count). The fourth-order valence-electron chi connectivity index (χ4n) is 7.85. The van der Waals surface area contributed by atoms with Crippen LogP contribution in [-0.4, -0.2) is 21.0 Å². The summed E-state index contributed by atoms with van der Waals surface area (Å²) in [5, 5.41) is 15.5. The van der Waals surface area contributed by atoms with Crippen LogP contribution < -0.4 is 0 Å². The van der Waals surface area contributed by atoms with E-state index in [2.05, 4.69) is 32.5 Å². The van der Waals surface area contributed by atoms with E-state index in [4.69, 9.17) is 5.10 Å². The maximum absolute atomic E-state index is 10.6. The summed E-state index contributed by atoms with van der Waals surface area (Å²) in [5.74, 6) is 3.26. The van der Waals surface area contributed by atoms with Crippen molar-refractivity contribution < 1.29 is 5.11 Å². The number of fused-ring (bicyclic) bond motifs is 6. The Bertz CT molecular complexity index is 709. The zero-order valence-corrected chi connectivity index (χ0v) is 16.4. The summed E-state index contributed by atoms with van der Waals surface area (Å²) >= 11 is 0. The first-order valence-corrected chi connectivity index (χ1v) is 10.5. The third-order valence-corrected chi connectivity index (χ3v) is 9.55. The molecule has 3 saturated carbocycles. The van der Waals surface area contributed by atoms with Crippen molar-refractivity contribution in [3.63, 3.8) is 0 Å². The second kappa shape index (κ2) is 5.12. The molecule has 0 spiro atoms. The second-order valence-corrected chi connectivity index (χ2v) is 10.3. The summed E-state index contributed by atoms with van der Waals surface area (Å²) in [4.78, 5) is 0. The van der Waals surface area contributed by atoms with Crippen LogP contribution >= 0.6 is 0 Å². The number of aliphatic hydroxyl groups is 1. The Hall–Kier alpha value is -0.830. The van der Waals surface area contributed by atoms with Crippen molar-refractivity contribution in [2.75, 3.05) is 0 Å². The van der Waals surface area contributed by atoms with E-state index in [1.54, 1.807) is 5.56 Å². The molecule has 0 bridgehead atoms. The number of hydrogen-bond donors (Lipinski definition) is 1. The van der Waals surface area contributed by atoms with Gasteiger partial charge in [-0.3, -0.25) is 4.68 Å². The molecular formula is C22H34N2O. The van der Waals surface area contributed by atoms with Gasteiger partial charge >= 0.3 is 0 Å². The van der Waals surface area contributed by atoms with Gasteiger partial charge in [0, 0.05) is 12.7 Å². The van der Waals surface area contributed by atoms with Crippen molar-refractivity contribution in [1.82, 2.24) is 9.78 Å². The first-order valence-electron chi connectivity index (χ1n) is 10.5.